The van der Waals surface area contributed by atoms with Crippen molar-refractivity contribution in [2.45, 2.75) is 38.7 Å². The average Bonchev–Trinajstić information content (AvgIpc) is 3.13. The molecule has 1 saturated carbocycles. The molecular weight excluding hydrogens is 274 g/mol. The van der Waals surface area contributed by atoms with E-state index >= 15 is 0 Å². The fourth-order valence-corrected chi connectivity index (χ4v) is 3.97. The summed E-state index contributed by atoms with van der Waals surface area (Å²) in [5.74, 6) is 0.749. The molecule has 1 aromatic rings. The molecule has 1 aliphatic heterocycles. The first kappa shape index (κ1) is 14.4. The van der Waals surface area contributed by atoms with Crippen molar-refractivity contribution in [2.24, 2.45) is 18.4 Å². The molecule has 1 aliphatic carbocycles. The third-order valence-corrected chi connectivity index (χ3v) is 5.35. The first-order valence-electron chi connectivity index (χ1n) is 7.51. The Morgan fingerprint density at radius 3 is 2.80 bits per heavy atom. The lowest BCUT2D eigenvalue weighted by Crippen LogP contribution is -2.43. The molecule has 4 nitrogen and oxygen atoms in total. The molecule has 1 N–H and O–H groups in total. The molecule has 112 valence electrons. The van der Waals surface area contributed by atoms with Crippen molar-refractivity contribution in [3.63, 3.8) is 0 Å². The maximum atomic E-state index is 6.45. The molecule has 0 spiro atoms. The fraction of sp³-hybridized carbons (Fsp3) is 0.800. The molecule has 0 bridgehead atoms. The van der Waals surface area contributed by atoms with E-state index in [9.17, 15) is 0 Å². The quantitative estimate of drug-likeness (QED) is 0.907. The van der Waals surface area contributed by atoms with Crippen molar-refractivity contribution >= 4 is 11.6 Å². The zero-order valence-corrected chi connectivity index (χ0v) is 13.3. The topological polar surface area (TPSA) is 39.1 Å². The summed E-state index contributed by atoms with van der Waals surface area (Å²) >= 11 is 6.45. The van der Waals surface area contributed by atoms with Crippen molar-refractivity contribution in [1.82, 2.24) is 15.1 Å². The third-order valence-electron chi connectivity index (χ3n) is 4.86. The van der Waals surface area contributed by atoms with Gasteiger partial charge in [-0.3, -0.25) is 4.68 Å². The van der Waals surface area contributed by atoms with E-state index in [0.717, 1.165) is 48.3 Å². The highest BCUT2D eigenvalue weighted by atomic mass is 35.5. The average molecular weight is 298 g/mol. The number of hydrogen-bond donors (Lipinski definition) is 1. The second kappa shape index (κ2) is 5.32. The Bertz CT molecular complexity index is 498. The van der Waals surface area contributed by atoms with E-state index in [0.29, 0.717) is 6.10 Å². The molecule has 1 aromatic heterocycles. The number of hydrogen-bond acceptors (Lipinski definition) is 3. The third kappa shape index (κ3) is 2.38. The highest BCUT2D eigenvalue weighted by molar-refractivity contribution is 6.31. The highest BCUT2D eigenvalue weighted by Gasteiger charge is 2.51. The molecular formula is C15H24ClN3O. The summed E-state index contributed by atoms with van der Waals surface area (Å²) in [4.78, 5) is 0. The SMILES string of the molecule is CNCC1(Cc2c(Cl)c(C)nn2C)CCOC1C1CC1. The number of aryl methyl sites for hydroxylation is 2. The van der Waals surface area contributed by atoms with E-state index < -0.39 is 0 Å². The van der Waals surface area contributed by atoms with Crippen molar-refractivity contribution in [1.29, 1.82) is 0 Å². The Balaban J connectivity index is 1.90. The van der Waals surface area contributed by atoms with Crippen molar-refractivity contribution in [3.05, 3.63) is 16.4 Å². The minimum Gasteiger partial charge on any atom is -0.377 e. The van der Waals surface area contributed by atoms with Crippen molar-refractivity contribution in [2.75, 3.05) is 20.2 Å². The van der Waals surface area contributed by atoms with Gasteiger partial charge in [0, 0.05) is 32.0 Å². The van der Waals surface area contributed by atoms with Crippen LogP contribution in [0.25, 0.3) is 0 Å². The first-order valence-corrected chi connectivity index (χ1v) is 7.89. The molecule has 2 atom stereocenters. The zero-order chi connectivity index (χ0) is 14.3. The minimum atomic E-state index is 0.166. The maximum Gasteiger partial charge on any atom is 0.0847 e. The summed E-state index contributed by atoms with van der Waals surface area (Å²) in [6.07, 6.45) is 5.06. The van der Waals surface area contributed by atoms with Crippen molar-refractivity contribution < 1.29 is 4.74 Å². The molecule has 0 amide bonds. The van der Waals surface area contributed by atoms with E-state index in [1.807, 2.05) is 25.7 Å². The second-order valence-corrected chi connectivity index (χ2v) is 6.80. The lowest BCUT2D eigenvalue weighted by atomic mass is 9.75. The van der Waals surface area contributed by atoms with Gasteiger partial charge in [-0.25, -0.2) is 0 Å². The first-order chi connectivity index (χ1) is 9.57. The summed E-state index contributed by atoms with van der Waals surface area (Å²) in [5.41, 5.74) is 2.24. The Morgan fingerprint density at radius 1 is 1.50 bits per heavy atom. The molecule has 2 unspecified atom stereocenters. The molecule has 0 aromatic carbocycles. The molecule has 2 heterocycles. The van der Waals surface area contributed by atoms with Crippen LogP contribution in [0.5, 0.6) is 0 Å². The lowest BCUT2D eigenvalue weighted by Gasteiger charge is -2.34. The lowest BCUT2D eigenvalue weighted by molar-refractivity contribution is 0.0307. The predicted molar refractivity (Wildman–Crippen MR) is 80.1 cm³/mol. The fourth-order valence-electron chi connectivity index (χ4n) is 3.74. The molecule has 0 radical (unpaired) electrons. The Kier molecular flexibility index (Phi) is 3.82. The van der Waals surface area contributed by atoms with E-state index in [2.05, 4.69) is 10.4 Å². The van der Waals surface area contributed by atoms with Gasteiger partial charge in [0.15, 0.2) is 0 Å². The number of ether oxygens (including phenoxy) is 1. The normalized spacial score (nSPS) is 30.1. The maximum absolute atomic E-state index is 6.45. The molecule has 2 aliphatic rings. The van der Waals surface area contributed by atoms with Crippen LogP contribution >= 0.6 is 11.6 Å². The van der Waals surface area contributed by atoms with Crippen LogP contribution in [0.2, 0.25) is 5.02 Å². The minimum absolute atomic E-state index is 0.166. The Morgan fingerprint density at radius 2 is 2.25 bits per heavy atom. The second-order valence-electron chi connectivity index (χ2n) is 6.42. The van der Waals surface area contributed by atoms with Gasteiger partial charge >= 0.3 is 0 Å². The van der Waals surface area contributed by atoms with Crippen LogP contribution in [0.1, 0.15) is 30.7 Å². The zero-order valence-electron chi connectivity index (χ0n) is 12.6. The Hall–Kier alpha value is -0.580. The van der Waals surface area contributed by atoms with Gasteiger partial charge in [0.25, 0.3) is 0 Å². The van der Waals surface area contributed by atoms with Gasteiger partial charge in [-0.15, -0.1) is 0 Å². The van der Waals surface area contributed by atoms with E-state index in [1.165, 1.54) is 12.8 Å². The van der Waals surface area contributed by atoms with Gasteiger partial charge in [-0.2, -0.15) is 5.10 Å². The smallest absolute Gasteiger partial charge is 0.0847 e. The van der Waals surface area contributed by atoms with Crippen LogP contribution < -0.4 is 5.32 Å². The van der Waals surface area contributed by atoms with Crippen LogP contribution in [0.15, 0.2) is 0 Å². The summed E-state index contributed by atoms with van der Waals surface area (Å²) < 4.78 is 8.03. The van der Waals surface area contributed by atoms with Crippen LogP contribution in [-0.4, -0.2) is 36.1 Å². The largest absolute Gasteiger partial charge is 0.377 e. The highest BCUT2D eigenvalue weighted by Crippen LogP contribution is 2.49. The predicted octanol–water partition coefficient (Wildman–Crippen LogP) is 2.33. The molecule has 2 fully saturated rings. The van der Waals surface area contributed by atoms with Crippen LogP contribution in [0, 0.1) is 18.3 Å². The number of nitrogens with one attached hydrogen (secondary N) is 1. The monoisotopic (exact) mass is 297 g/mol. The van der Waals surface area contributed by atoms with Gasteiger partial charge in [0.2, 0.25) is 0 Å². The molecule has 5 heteroatoms. The van der Waals surface area contributed by atoms with Gasteiger partial charge < -0.3 is 10.1 Å². The van der Waals surface area contributed by atoms with Crippen molar-refractivity contribution in [3.8, 4) is 0 Å². The summed E-state index contributed by atoms with van der Waals surface area (Å²) in [6.45, 7) is 3.83. The van der Waals surface area contributed by atoms with Crippen LogP contribution in [-0.2, 0) is 18.2 Å². The van der Waals surface area contributed by atoms with Gasteiger partial charge in [-0.1, -0.05) is 11.6 Å². The van der Waals surface area contributed by atoms with E-state index in [1.54, 1.807) is 0 Å². The molecule has 20 heavy (non-hydrogen) atoms. The van der Waals surface area contributed by atoms with E-state index in [4.69, 9.17) is 16.3 Å². The number of rotatable bonds is 5. The van der Waals surface area contributed by atoms with Crippen LogP contribution in [0.3, 0.4) is 0 Å². The number of aromatic nitrogens is 2. The molecule has 3 rings (SSSR count). The van der Waals surface area contributed by atoms with Crippen LogP contribution in [0.4, 0.5) is 0 Å². The van der Waals surface area contributed by atoms with E-state index in [-0.39, 0.29) is 5.41 Å². The Labute approximate surface area is 125 Å². The number of nitrogens with zero attached hydrogens (tertiary/aromatic N) is 2. The molecule has 1 saturated heterocycles. The summed E-state index contributed by atoms with van der Waals surface area (Å²) in [5, 5.41) is 8.65. The summed E-state index contributed by atoms with van der Waals surface area (Å²) in [6, 6.07) is 0. The van der Waals surface area contributed by atoms with Gasteiger partial charge in [-0.05, 0) is 39.2 Å². The number of halogens is 1. The standard InChI is InChI=1S/C15H24ClN3O/c1-10-13(16)12(19(3)18-10)8-15(9-17-2)6-7-20-14(15)11-4-5-11/h11,14,17H,4-9H2,1-3H3. The van der Waals surface area contributed by atoms with Gasteiger partial charge in [0.1, 0.15) is 0 Å². The van der Waals surface area contributed by atoms with Gasteiger partial charge in [0.05, 0.1) is 22.5 Å². The summed E-state index contributed by atoms with van der Waals surface area (Å²) in [7, 11) is 4.02.